The Morgan fingerprint density at radius 3 is 1.80 bits per heavy atom. The van der Waals surface area contributed by atoms with Crippen LogP contribution >= 0.6 is 0 Å². The van der Waals surface area contributed by atoms with Gasteiger partial charge in [0.05, 0.1) is 13.0 Å². The van der Waals surface area contributed by atoms with Crippen LogP contribution in [0.5, 0.6) is 5.75 Å². The van der Waals surface area contributed by atoms with Crippen molar-refractivity contribution in [2.45, 2.75) is 136 Å². The molecule has 2 aromatic carbocycles. The third kappa shape index (κ3) is 15.9. The molecule has 0 unspecified atom stereocenters. The summed E-state index contributed by atoms with van der Waals surface area (Å²) in [6, 6.07) is 20.4. The van der Waals surface area contributed by atoms with Crippen molar-refractivity contribution < 1.29 is 31.1 Å². The number of nitrogens with one attached hydrogen (secondary N) is 1. The van der Waals surface area contributed by atoms with E-state index in [0.717, 1.165) is 42.1 Å². The fourth-order valence-electron chi connectivity index (χ4n) is 5.71. The molecule has 4 nitrogen and oxygen atoms in total. The highest BCUT2D eigenvalue weighted by Gasteiger charge is 2.20. The first-order chi connectivity index (χ1) is 21.3. The molecule has 0 bridgehead atoms. The number of benzene rings is 2. The summed E-state index contributed by atoms with van der Waals surface area (Å²) in [5.74, 6) is 0.939. The van der Waals surface area contributed by atoms with Crippen LogP contribution < -0.4 is 31.6 Å². The number of anilines is 1. The molecule has 0 spiro atoms. The molecular formula is C40H59BrN2O2. The van der Waals surface area contributed by atoms with Gasteiger partial charge in [-0.2, -0.15) is 0 Å². The number of carbonyl (C=O) groups excluding carboxylic acids is 1. The smallest absolute Gasteiger partial charge is 0.228 e. The van der Waals surface area contributed by atoms with E-state index < -0.39 is 0 Å². The van der Waals surface area contributed by atoms with Crippen molar-refractivity contribution in [1.29, 1.82) is 0 Å². The fourth-order valence-corrected chi connectivity index (χ4v) is 5.71. The van der Waals surface area contributed by atoms with Crippen molar-refractivity contribution in [1.82, 2.24) is 0 Å². The predicted molar refractivity (Wildman–Crippen MR) is 185 cm³/mol. The summed E-state index contributed by atoms with van der Waals surface area (Å²) in [6.07, 6.45) is 23.5. The molecular weight excluding hydrogens is 620 g/mol. The minimum Gasteiger partial charge on any atom is -1.00 e. The van der Waals surface area contributed by atoms with E-state index in [9.17, 15) is 4.79 Å². The molecule has 5 heteroatoms. The van der Waals surface area contributed by atoms with Crippen molar-refractivity contribution in [3.05, 3.63) is 89.7 Å². The van der Waals surface area contributed by atoms with Crippen molar-refractivity contribution >= 4 is 11.6 Å². The Kier molecular flexibility index (Phi) is 18.8. The molecule has 0 radical (unpaired) electrons. The minimum absolute atomic E-state index is 0. The molecule has 1 aromatic heterocycles. The van der Waals surface area contributed by atoms with Crippen molar-refractivity contribution in [2.24, 2.45) is 0 Å². The zero-order valence-corrected chi connectivity index (χ0v) is 30.2. The van der Waals surface area contributed by atoms with Gasteiger partial charge in [0, 0.05) is 23.4 Å². The number of unbranched alkanes of at least 4 members (excludes halogenated alkanes) is 13. The summed E-state index contributed by atoms with van der Waals surface area (Å²) in [4.78, 5) is 12.9. The zero-order valence-electron chi connectivity index (χ0n) is 28.6. The Morgan fingerprint density at radius 2 is 1.24 bits per heavy atom. The maximum Gasteiger partial charge on any atom is 0.228 e. The van der Waals surface area contributed by atoms with Crippen molar-refractivity contribution in [3.8, 4) is 5.75 Å². The van der Waals surface area contributed by atoms with Gasteiger partial charge in [-0.25, -0.2) is 4.57 Å². The maximum absolute atomic E-state index is 12.9. The molecule has 0 saturated heterocycles. The molecule has 3 rings (SSSR count). The molecule has 0 atom stereocenters. The number of hydrogen-bond acceptors (Lipinski definition) is 2. The SMILES string of the molecule is CCCCCCCCCCCCCCCCOc1ccc(CC(=O)Nc2ccc(C[n+]3ccccc3)cc2)cc1C(C)(C)C.[Br-]. The number of hydrogen-bond donors (Lipinski definition) is 1. The van der Waals surface area contributed by atoms with Gasteiger partial charge < -0.3 is 27.0 Å². The lowest BCUT2D eigenvalue weighted by atomic mass is 9.85. The van der Waals surface area contributed by atoms with Gasteiger partial charge in [-0.15, -0.1) is 0 Å². The first-order valence-corrected chi connectivity index (χ1v) is 17.4. The van der Waals surface area contributed by atoms with E-state index in [1.54, 1.807) is 0 Å². The summed E-state index contributed by atoms with van der Waals surface area (Å²) in [6.45, 7) is 10.5. The second-order valence-electron chi connectivity index (χ2n) is 13.5. The molecule has 0 fully saturated rings. The molecule has 1 heterocycles. The van der Waals surface area contributed by atoms with Crippen LogP contribution in [0.4, 0.5) is 5.69 Å². The van der Waals surface area contributed by atoms with Crippen LogP contribution in [-0.4, -0.2) is 12.5 Å². The standard InChI is InChI=1S/C40H58N2O2.BrH/c1-5-6-7-8-9-10-11-12-13-14-15-16-17-21-30-44-38-27-24-35(31-37(38)40(2,3)4)32-39(43)41-36-25-22-34(23-26-36)33-42-28-19-18-20-29-42;/h18-20,22-29,31H,5-17,21,30,32-33H2,1-4H3;1H. The van der Waals surface area contributed by atoms with Crippen molar-refractivity contribution in [3.63, 3.8) is 0 Å². The first-order valence-electron chi connectivity index (χ1n) is 17.4. The van der Waals surface area contributed by atoms with Crippen LogP contribution in [0, 0.1) is 0 Å². The molecule has 3 aromatic rings. The van der Waals surface area contributed by atoms with Crippen LogP contribution in [0.25, 0.3) is 0 Å². The van der Waals surface area contributed by atoms with Crippen LogP contribution in [0.15, 0.2) is 73.1 Å². The second-order valence-corrected chi connectivity index (χ2v) is 13.5. The van der Waals surface area contributed by atoms with Gasteiger partial charge in [0.1, 0.15) is 5.75 Å². The third-order valence-electron chi connectivity index (χ3n) is 8.35. The fraction of sp³-hybridized carbons (Fsp3) is 0.550. The summed E-state index contributed by atoms with van der Waals surface area (Å²) in [5.41, 5.74) is 4.12. The summed E-state index contributed by atoms with van der Waals surface area (Å²) in [7, 11) is 0. The molecule has 248 valence electrons. The highest BCUT2D eigenvalue weighted by Crippen LogP contribution is 2.32. The van der Waals surface area contributed by atoms with Crippen LogP contribution in [0.3, 0.4) is 0 Å². The predicted octanol–water partition coefficient (Wildman–Crippen LogP) is 7.37. The van der Waals surface area contributed by atoms with E-state index in [4.69, 9.17) is 4.74 Å². The van der Waals surface area contributed by atoms with E-state index >= 15 is 0 Å². The van der Waals surface area contributed by atoms with Gasteiger partial charge in [-0.3, -0.25) is 4.79 Å². The molecule has 0 aliphatic rings. The number of rotatable bonds is 21. The molecule has 45 heavy (non-hydrogen) atoms. The summed E-state index contributed by atoms with van der Waals surface area (Å²) in [5, 5.41) is 3.06. The lowest BCUT2D eigenvalue weighted by Crippen LogP contribution is -3.00. The quantitative estimate of drug-likeness (QED) is 0.0945. The molecule has 0 saturated carbocycles. The van der Waals surface area contributed by atoms with E-state index in [-0.39, 0.29) is 28.3 Å². The van der Waals surface area contributed by atoms with Gasteiger partial charge in [0.2, 0.25) is 5.91 Å². The lowest BCUT2D eigenvalue weighted by molar-refractivity contribution is -0.688. The van der Waals surface area contributed by atoms with Crippen LogP contribution in [0.2, 0.25) is 0 Å². The van der Waals surface area contributed by atoms with Gasteiger partial charge in [-0.05, 0) is 41.2 Å². The highest BCUT2D eigenvalue weighted by molar-refractivity contribution is 5.92. The molecule has 0 aliphatic carbocycles. The number of nitrogens with zero attached hydrogens (tertiary/aromatic N) is 1. The molecule has 1 amide bonds. The second kappa shape index (κ2) is 22.0. The van der Waals surface area contributed by atoms with Gasteiger partial charge >= 0.3 is 0 Å². The largest absolute Gasteiger partial charge is 1.00 e. The van der Waals surface area contributed by atoms with Gasteiger partial charge in [0.25, 0.3) is 0 Å². The average Bonchev–Trinajstić information content (AvgIpc) is 3.00. The number of ether oxygens (including phenoxy) is 1. The van der Waals surface area contributed by atoms with Crippen molar-refractivity contribution in [2.75, 3.05) is 11.9 Å². The first kappa shape index (κ1) is 38.5. The Bertz CT molecular complexity index is 1210. The van der Waals surface area contributed by atoms with E-state index in [1.807, 2.05) is 36.4 Å². The number of amides is 1. The molecule has 0 aliphatic heterocycles. The zero-order chi connectivity index (χ0) is 31.5. The Morgan fingerprint density at radius 1 is 0.711 bits per heavy atom. The summed E-state index contributed by atoms with van der Waals surface area (Å²) >= 11 is 0. The average molecular weight is 680 g/mol. The normalized spacial score (nSPS) is 11.2. The van der Waals surface area contributed by atoms with Crippen LogP contribution in [-0.2, 0) is 23.2 Å². The Hall–Kier alpha value is -2.66. The third-order valence-corrected chi connectivity index (χ3v) is 8.35. The Balaban J connectivity index is 0.00000705. The summed E-state index contributed by atoms with van der Waals surface area (Å²) < 4.78 is 8.41. The number of halogens is 1. The number of carbonyl (C=O) groups is 1. The topological polar surface area (TPSA) is 42.2 Å². The maximum atomic E-state index is 12.9. The highest BCUT2D eigenvalue weighted by atomic mass is 79.9. The monoisotopic (exact) mass is 678 g/mol. The van der Waals surface area contributed by atoms with E-state index in [2.05, 4.69) is 74.2 Å². The lowest BCUT2D eigenvalue weighted by Gasteiger charge is -2.24. The van der Waals surface area contributed by atoms with E-state index in [0.29, 0.717) is 6.42 Å². The number of aromatic nitrogens is 1. The Labute approximate surface area is 285 Å². The van der Waals surface area contributed by atoms with Gasteiger partial charge in [0.15, 0.2) is 18.9 Å². The number of pyridine rings is 1. The van der Waals surface area contributed by atoms with Crippen LogP contribution in [0.1, 0.15) is 134 Å². The van der Waals surface area contributed by atoms with E-state index in [1.165, 1.54) is 89.0 Å². The minimum atomic E-state index is -0.0656. The molecule has 1 N–H and O–H groups in total. The van der Waals surface area contributed by atoms with Gasteiger partial charge in [-0.1, -0.05) is 141 Å².